The number of nitrogens with zero attached hydrogens (tertiary/aromatic N) is 1. The molecular formula is C25H21NSe. The van der Waals surface area contributed by atoms with Crippen LogP contribution in [-0.4, -0.2) is 15.0 Å². The molecule has 3 aromatic rings. The van der Waals surface area contributed by atoms with E-state index >= 15 is 0 Å². The number of hydrogen-bond acceptors (Lipinski definition) is 1. The van der Waals surface area contributed by atoms with E-state index in [1.165, 1.54) is 26.7 Å². The van der Waals surface area contributed by atoms with Crippen LogP contribution in [0.3, 0.4) is 0 Å². The molecule has 2 heteroatoms. The summed E-state index contributed by atoms with van der Waals surface area (Å²) >= 11 is 0.422. The molecule has 0 aromatic heterocycles. The van der Waals surface area contributed by atoms with E-state index in [-0.39, 0.29) is 0 Å². The molecule has 0 spiro atoms. The molecule has 0 amide bonds. The van der Waals surface area contributed by atoms with Gasteiger partial charge in [0.15, 0.2) is 0 Å². The second kappa shape index (κ2) is 10.3. The van der Waals surface area contributed by atoms with E-state index in [1.54, 1.807) is 6.08 Å². The van der Waals surface area contributed by atoms with Crippen LogP contribution in [0.4, 0.5) is 0 Å². The summed E-state index contributed by atoms with van der Waals surface area (Å²) in [5.74, 6) is 0. The van der Waals surface area contributed by atoms with Crippen LogP contribution in [0, 0.1) is 11.3 Å². The number of benzene rings is 3. The summed E-state index contributed by atoms with van der Waals surface area (Å²) in [6, 6.07) is 33.7. The average molecular weight is 414 g/mol. The Bertz CT molecular complexity index is 894. The van der Waals surface area contributed by atoms with Crippen LogP contribution in [-0.2, 0) is 0 Å². The Balaban J connectivity index is 1.96. The van der Waals surface area contributed by atoms with Gasteiger partial charge in [-0.1, -0.05) is 0 Å². The van der Waals surface area contributed by atoms with E-state index in [2.05, 4.69) is 84.9 Å². The Morgan fingerprint density at radius 1 is 0.778 bits per heavy atom. The van der Waals surface area contributed by atoms with Gasteiger partial charge >= 0.3 is 168 Å². The van der Waals surface area contributed by atoms with Crippen LogP contribution in [0.1, 0.15) is 17.5 Å². The van der Waals surface area contributed by atoms with Gasteiger partial charge in [0.25, 0.3) is 0 Å². The van der Waals surface area contributed by atoms with Gasteiger partial charge in [0.2, 0.25) is 0 Å². The van der Waals surface area contributed by atoms with Crippen molar-refractivity contribution in [1.82, 2.24) is 0 Å². The fourth-order valence-electron chi connectivity index (χ4n) is 2.97. The summed E-state index contributed by atoms with van der Waals surface area (Å²) in [4.78, 5) is 0. The van der Waals surface area contributed by atoms with E-state index in [0.717, 1.165) is 11.7 Å². The van der Waals surface area contributed by atoms with Gasteiger partial charge in [-0.25, -0.2) is 0 Å². The Labute approximate surface area is 167 Å². The van der Waals surface area contributed by atoms with Crippen molar-refractivity contribution in [3.05, 3.63) is 120 Å². The monoisotopic (exact) mass is 415 g/mol. The van der Waals surface area contributed by atoms with E-state index in [1.807, 2.05) is 18.2 Å². The van der Waals surface area contributed by atoms with Gasteiger partial charge in [-0.15, -0.1) is 0 Å². The Morgan fingerprint density at radius 3 is 1.81 bits per heavy atom. The van der Waals surface area contributed by atoms with Gasteiger partial charge in [-0.3, -0.25) is 0 Å². The third-order valence-corrected chi connectivity index (χ3v) is 6.32. The van der Waals surface area contributed by atoms with Crippen molar-refractivity contribution in [2.75, 3.05) is 0 Å². The molecule has 0 unspecified atom stereocenters. The molecule has 0 radical (unpaired) electrons. The van der Waals surface area contributed by atoms with Crippen LogP contribution in [0.25, 0.3) is 5.57 Å². The fraction of sp³-hybridized carbons (Fsp3) is 0.0800. The van der Waals surface area contributed by atoms with Crippen molar-refractivity contribution in [3.63, 3.8) is 0 Å². The van der Waals surface area contributed by atoms with Crippen molar-refractivity contribution < 1.29 is 0 Å². The standard InChI is InChI=1S/C25H21NSe/c26-19-10-15-23(18-20-27-24-16-8-3-9-17-24)25(21-11-4-1-5-12-21)22-13-6-2-7-14-22/h1-17H,18,20H2/b15-10+. The van der Waals surface area contributed by atoms with Gasteiger partial charge in [-0.05, 0) is 0 Å². The van der Waals surface area contributed by atoms with Crippen LogP contribution in [0.15, 0.2) is 109 Å². The molecule has 27 heavy (non-hydrogen) atoms. The van der Waals surface area contributed by atoms with Crippen molar-refractivity contribution in [3.8, 4) is 6.07 Å². The Hall–Kier alpha value is -2.85. The van der Waals surface area contributed by atoms with Gasteiger partial charge < -0.3 is 0 Å². The van der Waals surface area contributed by atoms with Gasteiger partial charge in [0.1, 0.15) is 0 Å². The predicted octanol–water partition coefficient (Wildman–Crippen LogP) is 5.41. The van der Waals surface area contributed by atoms with E-state index in [9.17, 15) is 0 Å². The van der Waals surface area contributed by atoms with Gasteiger partial charge in [-0.2, -0.15) is 0 Å². The maximum atomic E-state index is 9.09. The third-order valence-electron chi connectivity index (χ3n) is 4.19. The second-order valence-electron chi connectivity index (χ2n) is 6.01. The Kier molecular flexibility index (Phi) is 7.24. The number of allylic oxidation sites excluding steroid dienone is 3. The van der Waals surface area contributed by atoms with E-state index < -0.39 is 0 Å². The summed E-state index contributed by atoms with van der Waals surface area (Å²) in [7, 11) is 0. The molecule has 0 aliphatic heterocycles. The first-order valence-corrected chi connectivity index (χ1v) is 11.0. The zero-order valence-electron chi connectivity index (χ0n) is 15.1. The summed E-state index contributed by atoms with van der Waals surface area (Å²) in [6.45, 7) is 0. The third kappa shape index (κ3) is 5.56. The minimum absolute atomic E-state index is 0.422. The zero-order valence-corrected chi connectivity index (χ0v) is 16.8. The molecule has 0 aliphatic rings. The SMILES string of the molecule is N#C/C=C/C(CC[Se]c1ccccc1)=C(c1ccccc1)c1ccccc1. The zero-order chi connectivity index (χ0) is 18.7. The molecule has 0 aliphatic carbocycles. The topological polar surface area (TPSA) is 23.8 Å². The first-order valence-electron chi connectivity index (χ1n) is 8.96. The molecule has 0 atom stereocenters. The predicted molar refractivity (Wildman–Crippen MR) is 115 cm³/mol. The van der Waals surface area contributed by atoms with Crippen molar-refractivity contribution >= 4 is 25.0 Å². The number of rotatable bonds is 7. The molecule has 0 fully saturated rings. The first-order chi connectivity index (χ1) is 13.4. The van der Waals surface area contributed by atoms with Gasteiger partial charge in [0, 0.05) is 0 Å². The molecular weight excluding hydrogens is 393 g/mol. The maximum absolute atomic E-state index is 9.09. The minimum atomic E-state index is 0.422. The molecule has 0 saturated carbocycles. The van der Waals surface area contributed by atoms with Crippen molar-refractivity contribution in [2.45, 2.75) is 11.7 Å². The molecule has 0 saturated heterocycles. The molecule has 132 valence electrons. The summed E-state index contributed by atoms with van der Waals surface area (Å²) in [5, 5.41) is 10.2. The second-order valence-corrected chi connectivity index (χ2v) is 8.46. The summed E-state index contributed by atoms with van der Waals surface area (Å²) < 4.78 is 1.41. The molecule has 3 aromatic carbocycles. The number of nitriles is 1. The molecule has 0 N–H and O–H groups in total. The van der Waals surface area contributed by atoms with Crippen LogP contribution < -0.4 is 4.46 Å². The van der Waals surface area contributed by atoms with E-state index in [4.69, 9.17) is 5.26 Å². The summed E-state index contributed by atoms with van der Waals surface area (Å²) in [5.41, 5.74) is 4.81. The normalized spacial score (nSPS) is 10.5. The quantitative estimate of drug-likeness (QED) is 0.288. The molecule has 0 bridgehead atoms. The first kappa shape index (κ1) is 18.9. The molecule has 0 heterocycles. The van der Waals surface area contributed by atoms with Crippen LogP contribution in [0.2, 0.25) is 5.32 Å². The molecule has 3 rings (SSSR count). The average Bonchev–Trinajstić information content (AvgIpc) is 2.74. The Morgan fingerprint density at radius 2 is 1.30 bits per heavy atom. The van der Waals surface area contributed by atoms with Crippen LogP contribution >= 0.6 is 0 Å². The fourth-order valence-corrected chi connectivity index (χ4v) is 4.88. The van der Waals surface area contributed by atoms with Gasteiger partial charge in [0.05, 0.1) is 0 Å². The van der Waals surface area contributed by atoms with E-state index in [0.29, 0.717) is 15.0 Å². The van der Waals surface area contributed by atoms with Crippen molar-refractivity contribution in [1.29, 1.82) is 5.26 Å². The van der Waals surface area contributed by atoms with Crippen LogP contribution in [0.5, 0.6) is 0 Å². The number of hydrogen-bond donors (Lipinski definition) is 0. The summed E-state index contributed by atoms with van der Waals surface area (Å²) in [6.07, 6.45) is 4.53. The molecule has 1 nitrogen and oxygen atoms in total. The van der Waals surface area contributed by atoms with Crippen molar-refractivity contribution in [2.24, 2.45) is 0 Å².